The van der Waals surface area contributed by atoms with E-state index in [2.05, 4.69) is 26.2 Å². The summed E-state index contributed by atoms with van der Waals surface area (Å²) in [6.45, 7) is 6.26. The summed E-state index contributed by atoms with van der Waals surface area (Å²) >= 11 is 0. The van der Waals surface area contributed by atoms with E-state index in [-0.39, 0.29) is 5.91 Å². The molecule has 2 N–H and O–H groups in total. The van der Waals surface area contributed by atoms with Gasteiger partial charge >= 0.3 is 0 Å². The molecule has 0 saturated carbocycles. The van der Waals surface area contributed by atoms with Gasteiger partial charge in [0.15, 0.2) is 0 Å². The summed E-state index contributed by atoms with van der Waals surface area (Å²) in [5, 5.41) is 18.4. The van der Waals surface area contributed by atoms with Crippen LogP contribution in [-0.4, -0.2) is 26.1 Å². The monoisotopic (exact) mass is 466 g/mol. The van der Waals surface area contributed by atoms with E-state index in [1.807, 2.05) is 93.6 Å². The van der Waals surface area contributed by atoms with Gasteiger partial charge in [-0.2, -0.15) is 4.68 Å². The fourth-order valence-electron chi connectivity index (χ4n) is 4.31. The third kappa shape index (κ3) is 4.50. The molecule has 35 heavy (non-hydrogen) atoms. The number of amides is 1. The highest BCUT2D eigenvalue weighted by molar-refractivity contribution is 6.06. The van der Waals surface area contributed by atoms with Crippen molar-refractivity contribution >= 4 is 17.5 Å². The first-order chi connectivity index (χ1) is 17.0. The van der Waals surface area contributed by atoms with E-state index < -0.39 is 6.04 Å². The number of nitrogens with zero attached hydrogens (tertiary/aromatic N) is 4. The van der Waals surface area contributed by atoms with Gasteiger partial charge in [0.2, 0.25) is 5.95 Å². The van der Waals surface area contributed by atoms with Crippen LogP contribution in [0.15, 0.2) is 84.1 Å². The molecule has 176 valence electrons. The molecule has 8 nitrogen and oxygen atoms in total. The lowest BCUT2D eigenvalue weighted by Crippen LogP contribution is -2.32. The molecule has 0 aliphatic carbocycles. The van der Waals surface area contributed by atoms with Crippen LogP contribution >= 0.6 is 0 Å². The lowest BCUT2D eigenvalue weighted by molar-refractivity contribution is -0.113. The molecule has 1 aliphatic rings. The van der Waals surface area contributed by atoms with Crippen LogP contribution in [-0.2, 0) is 11.4 Å². The van der Waals surface area contributed by atoms with E-state index in [9.17, 15) is 4.79 Å². The second-order valence-electron chi connectivity index (χ2n) is 8.60. The highest BCUT2D eigenvalue weighted by Gasteiger charge is 2.35. The molecule has 1 aliphatic heterocycles. The van der Waals surface area contributed by atoms with Gasteiger partial charge in [0.05, 0.1) is 5.57 Å². The molecular formula is C27H26N6O2. The van der Waals surface area contributed by atoms with Gasteiger partial charge in [0.25, 0.3) is 5.91 Å². The van der Waals surface area contributed by atoms with Crippen LogP contribution in [0.2, 0.25) is 0 Å². The Morgan fingerprint density at radius 3 is 2.60 bits per heavy atom. The third-order valence-electron chi connectivity index (χ3n) is 6.04. The van der Waals surface area contributed by atoms with Gasteiger partial charge in [-0.1, -0.05) is 71.3 Å². The number of benzene rings is 3. The summed E-state index contributed by atoms with van der Waals surface area (Å²) in [4.78, 5) is 13.7. The third-order valence-corrected chi connectivity index (χ3v) is 6.04. The predicted octanol–water partition coefficient (Wildman–Crippen LogP) is 4.80. The van der Waals surface area contributed by atoms with E-state index in [0.29, 0.717) is 29.6 Å². The van der Waals surface area contributed by atoms with Gasteiger partial charge in [0, 0.05) is 16.9 Å². The molecule has 5 rings (SSSR count). The summed E-state index contributed by atoms with van der Waals surface area (Å²) in [6, 6.07) is 23.0. The fourth-order valence-corrected chi connectivity index (χ4v) is 4.31. The van der Waals surface area contributed by atoms with Crippen molar-refractivity contribution < 1.29 is 9.53 Å². The van der Waals surface area contributed by atoms with Crippen molar-refractivity contribution in [1.82, 2.24) is 20.2 Å². The van der Waals surface area contributed by atoms with Gasteiger partial charge in [-0.15, -0.1) is 0 Å². The van der Waals surface area contributed by atoms with Crippen molar-refractivity contribution in [2.24, 2.45) is 0 Å². The molecule has 1 atom stereocenters. The van der Waals surface area contributed by atoms with Gasteiger partial charge in [0.1, 0.15) is 18.4 Å². The van der Waals surface area contributed by atoms with Gasteiger partial charge < -0.3 is 15.4 Å². The maximum absolute atomic E-state index is 13.7. The number of carbonyl (C=O) groups excluding carboxylic acids is 1. The van der Waals surface area contributed by atoms with E-state index in [4.69, 9.17) is 4.74 Å². The Labute approximate surface area is 203 Å². The van der Waals surface area contributed by atoms with Crippen LogP contribution in [0.1, 0.15) is 35.2 Å². The van der Waals surface area contributed by atoms with E-state index >= 15 is 0 Å². The number of fused-ring (bicyclic) bond motifs is 1. The molecular weight excluding hydrogens is 440 g/mol. The van der Waals surface area contributed by atoms with Crippen molar-refractivity contribution in [3.05, 3.63) is 106 Å². The molecule has 1 amide bonds. The molecule has 0 spiro atoms. The number of tetrazole rings is 1. The van der Waals surface area contributed by atoms with Crippen molar-refractivity contribution in [1.29, 1.82) is 0 Å². The lowest BCUT2D eigenvalue weighted by atomic mass is 9.94. The minimum atomic E-state index is -0.570. The number of carbonyl (C=O) groups is 1. The van der Waals surface area contributed by atoms with E-state index in [1.54, 1.807) is 4.68 Å². The Kier molecular flexibility index (Phi) is 6.01. The number of nitrogens with one attached hydrogen (secondary N) is 2. The molecule has 0 radical (unpaired) electrons. The minimum Gasteiger partial charge on any atom is -0.489 e. The number of allylic oxidation sites excluding steroid dienone is 1. The summed E-state index contributed by atoms with van der Waals surface area (Å²) in [6.07, 6.45) is 0. The first-order valence-corrected chi connectivity index (χ1v) is 11.4. The zero-order valence-electron chi connectivity index (χ0n) is 19.8. The number of ether oxygens (including phenoxy) is 1. The Hall–Kier alpha value is -4.46. The molecule has 3 aromatic carbocycles. The molecule has 0 saturated heterocycles. The Morgan fingerprint density at radius 1 is 1.03 bits per heavy atom. The normalized spacial score (nSPS) is 14.8. The standard InChI is InChI=1S/C27H26N6O2/c1-17-13-14-22(18(2)15-17)29-26(34)24-19(3)28-27-30-31-32-33(27)25(24)21-11-7-8-12-23(21)35-16-20-9-5-4-6-10-20/h4-15,25H,16H2,1-3H3,(H,29,34)(H,28,30,32). The van der Waals surface area contributed by atoms with Crippen molar-refractivity contribution in [3.8, 4) is 5.75 Å². The zero-order chi connectivity index (χ0) is 24.4. The van der Waals surface area contributed by atoms with Crippen LogP contribution < -0.4 is 15.4 Å². The molecule has 1 unspecified atom stereocenters. The molecule has 0 bridgehead atoms. The quantitative estimate of drug-likeness (QED) is 0.424. The van der Waals surface area contributed by atoms with Crippen LogP contribution in [0.5, 0.6) is 5.75 Å². The second-order valence-corrected chi connectivity index (χ2v) is 8.60. The lowest BCUT2D eigenvalue weighted by Gasteiger charge is -2.29. The average Bonchev–Trinajstić information content (AvgIpc) is 3.32. The zero-order valence-corrected chi connectivity index (χ0v) is 19.8. The molecule has 1 aromatic heterocycles. The summed E-state index contributed by atoms with van der Waals surface area (Å²) < 4.78 is 7.84. The number of hydrogen-bond acceptors (Lipinski definition) is 6. The van der Waals surface area contributed by atoms with Gasteiger partial charge in [-0.25, -0.2) is 0 Å². The first-order valence-electron chi connectivity index (χ1n) is 11.4. The number of aromatic nitrogens is 4. The number of hydrogen-bond donors (Lipinski definition) is 2. The molecule has 2 heterocycles. The van der Waals surface area contributed by atoms with Gasteiger partial charge in [-0.05, 0) is 54.5 Å². The maximum atomic E-state index is 13.7. The number of rotatable bonds is 6. The van der Waals surface area contributed by atoms with Crippen LogP contribution in [0.25, 0.3) is 0 Å². The topological polar surface area (TPSA) is 94.0 Å². The summed E-state index contributed by atoms with van der Waals surface area (Å²) in [5.41, 5.74) is 5.93. The average molecular weight is 467 g/mol. The predicted molar refractivity (Wildman–Crippen MR) is 134 cm³/mol. The number of para-hydroxylation sites is 1. The van der Waals surface area contributed by atoms with Crippen molar-refractivity contribution in [2.75, 3.05) is 10.6 Å². The number of anilines is 2. The van der Waals surface area contributed by atoms with Gasteiger partial charge in [-0.3, -0.25) is 4.79 Å². The molecule has 0 fully saturated rings. The highest BCUT2D eigenvalue weighted by atomic mass is 16.5. The fraction of sp³-hybridized carbons (Fsp3) is 0.185. The summed E-state index contributed by atoms with van der Waals surface area (Å²) in [7, 11) is 0. The largest absolute Gasteiger partial charge is 0.489 e. The van der Waals surface area contributed by atoms with Crippen molar-refractivity contribution in [3.63, 3.8) is 0 Å². The molecule has 4 aromatic rings. The smallest absolute Gasteiger partial charge is 0.255 e. The highest BCUT2D eigenvalue weighted by Crippen LogP contribution is 2.39. The Bertz CT molecular complexity index is 1410. The molecule has 8 heteroatoms. The SMILES string of the molecule is CC1=C(C(=O)Nc2ccc(C)cc2C)C(c2ccccc2OCc2ccccc2)n2nnnc2N1. The van der Waals surface area contributed by atoms with Crippen LogP contribution in [0, 0.1) is 13.8 Å². The first kappa shape index (κ1) is 22.3. The second kappa shape index (κ2) is 9.42. The van der Waals surface area contributed by atoms with Crippen LogP contribution in [0.4, 0.5) is 11.6 Å². The van der Waals surface area contributed by atoms with Crippen LogP contribution in [0.3, 0.4) is 0 Å². The maximum Gasteiger partial charge on any atom is 0.255 e. The van der Waals surface area contributed by atoms with E-state index in [1.165, 1.54) is 0 Å². The minimum absolute atomic E-state index is 0.231. The van der Waals surface area contributed by atoms with E-state index in [0.717, 1.165) is 27.9 Å². The number of aryl methyl sites for hydroxylation is 2. The summed E-state index contributed by atoms with van der Waals surface area (Å²) in [5.74, 6) is 0.897. The van der Waals surface area contributed by atoms with Crippen molar-refractivity contribution in [2.45, 2.75) is 33.4 Å². The Balaban J connectivity index is 1.53. The Morgan fingerprint density at radius 2 is 1.80 bits per heavy atom.